The predicted molar refractivity (Wildman–Crippen MR) is 64.4 cm³/mol. The number of allylic oxidation sites excluding steroid dienone is 3. The standard InChI is InChI=1S/C12H13O3P/c1-3-9-10-7-5-6-8-12(10)16(13,14)15-11(9)4-2/h3-8H,1-2H3,(H,13,14)/b9-3?,11-4+. The molecule has 0 saturated carbocycles. The highest BCUT2D eigenvalue weighted by Gasteiger charge is 2.35. The Labute approximate surface area is 94.6 Å². The molecule has 2 rings (SSSR count). The van der Waals surface area contributed by atoms with Gasteiger partial charge in [-0.15, -0.1) is 0 Å². The van der Waals surface area contributed by atoms with Crippen molar-refractivity contribution in [2.75, 3.05) is 0 Å². The van der Waals surface area contributed by atoms with Crippen molar-refractivity contribution in [2.45, 2.75) is 13.8 Å². The number of hydrogen-bond acceptors (Lipinski definition) is 2. The van der Waals surface area contributed by atoms with Crippen LogP contribution in [-0.4, -0.2) is 4.89 Å². The smallest absolute Gasteiger partial charge is 0.408 e. The Balaban J connectivity index is 2.75. The second-order valence-corrected chi connectivity index (χ2v) is 5.19. The monoisotopic (exact) mass is 236 g/mol. The van der Waals surface area contributed by atoms with Crippen LogP contribution in [0.4, 0.5) is 0 Å². The molecule has 16 heavy (non-hydrogen) atoms. The van der Waals surface area contributed by atoms with Crippen LogP contribution in [0.2, 0.25) is 0 Å². The molecule has 3 nitrogen and oxygen atoms in total. The van der Waals surface area contributed by atoms with E-state index in [2.05, 4.69) is 0 Å². The van der Waals surface area contributed by atoms with E-state index in [1.165, 1.54) is 0 Å². The predicted octanol–water partition coefficient (Wildman–Crippen LogP) is 2.83. The van der Waals surface area contributed by atoms with Gasteiger partial charge >= 0.3 is 7.60 Å². The maximum Gasteiger partial charge on any atom is 0.408 e. The average molecular weight is 236 g/mol. The second kappa shape index (κ2) is 3.93. The van der Waals surface area contributed by atoms with Crippen LogP contribution in [-0.2, 0) is 9.09 Å². The first kappa shape index (κ1) is 11.2. The molecule has 0 spiro atoms. The van der Waals surface area contributed by atoms with Crippen LogP contribution in [0.3, 0.4) is 0 Å². The first-order chi connectivity index (χ1) is 7.60. The van der Waals surface area contributed by atoms with Crippen molar-refractivity contribution in [3.05, 3.63) is 47.7 Å². The lowest BCUT2D eigenvalue weighted by Gasteiger charge is -2.26. The Morgan fingerprint density at radius 2 is 1.94 bits per heavy atom. The maximum absolute atomic E-state index is 12.0. The van der Waals surface area contributed by atoms with E-state index < -0.39 is 7.60 Å². The molecule has 1 aromatic carbocycles. The lowest BCUT2D eigenvalue weighted by atomic mass is 10.0. The molecule has 0 fully saturated rings. The molecule has 0 amide bonds. The van der Waals surface area contributed by atoms with Gasteiger partial charge in [-0.1, -0.05) is 24.3 Å². The molecule has 1 aromatic rings. The summed E-state index contributed by atoms with van der Waals surface area (Å²) in [6.45, 7) is 3.67. The summed E-state index contributed by atoms with van der Waals surface area (Å²) in [4.78, 5) is 9.81. The van der Waals surface area contributed by atoms with E-state index in [4.69, 9.17) is 4.52 Å². The van der Waals surface area contributed by atoms with E-state index in [-0.39, 0.29) is 0 Å². The molecule has 1 aliphatic rings. The minimum atomic E-state index is -3.71. The molecular formula is C12H13O3P. The van der Waals surface area contributed by atoms with Crippen molar-refractivity contribution >= 4 is 18.5 Å². The van der Waals surface area contributed by atoms with Crippen molar-refractivity contribution in [1.29, 1.82) is 0 Å². The summed E-state index contributed by atoms with van der Waals surface area (Å²) in [5.74, 6) is 0.465. The van der Waals surface area contributed by atoms with E-state index >= 15 is 0 Å². The van der Waals surface area contributed by atoms with E-state index in [0.29, 0.717) is 11.1 Å². The largest absolute Gasteiger partial charge is 0.421 e. The fraction of sp³-hybridized carbons (Fsp3) is 0.167. The zero-order valence-corrected chi connectivity index (χ0v) is 10.1. The lowest BCUT2D eigenvalue weighted by molar-refractivity contribution is 0.344. The fourth-order valence-corrected chi connectivity index (χ4v) is 3.16. The molecule has 84 valence electrons. The summed E-state index contributed by atoms with van der Waals surface area (Å²) in [6, 6.07) is 7.05. The van der Waals surface area contributed by atoms with Gasteiger partial charge in [0.15, 0.2) is 0 Å². The van der Waals surface area contributed by atoms with Gasteiger partial charge in [0, 0.05) is 11.1 Å². The molecule has 1 unspecified atom stereocenters. The van der Waals surface area contributed by atoms with Crippen LogP contribution in [0.15, 0.2) is 42.2 Å². The molecule has 1 aliphatic heterocycles. The van der Waals surface area contributed by atoms with Gasteiger partial charge in [-0.05, 0) is 26.0 Å². The molecule has 4 heteroatoms. The molecule has 0 saturated heterocycles. The Kier molecular flexibility index (Phi) is 2.75. The second-order valence-electron chi connectivity index (χ2n) is 3.48. The summed E-state index contributed by atoms with van der Waals surface area (Å²) in [5.41, 5.74) is 1.63. The maximum atomic E-state index is 12.0. The first-order valence-corrected chi connectivity index (χ1v) is 6.63. The van der Waals surface area contributed by atoms with Crippen molar-refractivity contribution in [1.82, 2.24) is 0 Å². The zero-order chi connectivity index (χ0) is 11.8. The van der Waals surface area contributed by atoms with Crippen LogP contribution in [0.1, 0.15) is 19.4 Å². The average Bonchev–Trinajstić information content (AvgIpc) is 2.28. The third-order valence-electron chi connectivity index (χ3n) is 2.54. The summed E-state index contributed by atoms with van der Waals surface area (Å²) in [6.07, 6.45) is 3.58. The number of fused-ring (bicyclic) bond motifs is 1. The molecule has 1 atom stereocenters. The molecule has 0 aromatic heterocycles. The highest BCUT2D eigenvalue weighted by atomic mass is 31.2. The van der Waals surface area contributed by atoms with Gasteiger partial charge in [0.2, 0.25) is 0 Å². The summed E-state index contributed by atoms with van der Waals surface area (Å²) in [5, 5.41) is 0.369. The Bertz CT molecular complexity index is 529. The van der Waals surface area contributed by atoms with Crippen LogP contribution < -0.4 is 5.30 Å². The van der Waals surface area contributed by atoms with Crippen molar-refractivity contribution in [3.8, 4) is 0 Å². The minimum Gasteiger partial charge on any atom is -0.421 e. The van der Waals surface area contributed by atoms with E-state index in [1.54, 1.807) is 25.1 Å². The highest BCUT2D eigenvalue weighted by molar-refractivity contribution is 7.61. The lowest BCUT2D eigenvalue weighted by Crippen LogP contribution is -2.18. The molecule has 1 N–H and O–H groups in total. The van der Waals surface area contributed by atoms with Crippen LogP contribution in [0, 0.1) is 0 Å². The topological polar surface area (TPSA) is 46.5 Å². The minimum absolute atomic E-state index is 0.369. The van der Waals surface area contributed by atoms with Crippen molar-refractivity contribution in [2.24, 2.45) is 0 Å². The van der Waals surface area contributed by atoms with E-state index in [0.717, 1.165) is 11.1 Å². The third-order valence-corrected chi connectivity index (χ3v) is 3.98. The van der Waals surface area contributed by atoms with Gasteiger partial charge in [0.1, 0.15) is 5.76 Å². The van der Waals surface area contributed by atoms with Gasteiger partial charge in [0.05, 0.1) is 5.30 Å². The van der Waals surface area contributed by atoms with Crippen molar-refractivity contribution in [3.63, 3.8) is 0 Å². The first-order valence-electron chi connectivity index (χ1n) is 5.05. The van der Waals surface area contributed by atoms with Gasteiger partial charge in [0.25, 0.3) is 0 Å². The zero-order valence-electron chi connectivity index (χ0n) is 9.18. The SMILES string of the molecule is CC=C1/C(=C\C)OP(=O)(O)c2ccccc21. The number of hydrogen-bond donors (Lipinski definition) is 1. The number of benzene rings is 1. The fourth-order valence-electron chi connectivity index (χ4n) is 1.82. The summed E-state index contributed by atoms with van der Waals surface area (Å²) >= 11 is 0. The van der Waals surface area contributed by atoms with E-state index in [9.17, 15) is 9.46 Å². The van der Waals surface area contributed by atoms with Crippen LogP contribution >= 0.6 is 7.60 Å². The van der Waals surface area contributed by atoms with Gasteiger partial charge in [-0.2, -0.15) is 0 Å². The normalized spacial score (nSPS) is 28.9. The van der Waals surface area contributed by atoms with Crippen LogP contribution in [0.5, 0.6) is 0 Å². The van der Waals surface area contributed by atoms with E-state index in [1.807, 2.05) is 25.1 Å². The van der Waals surface area contributed by atoms with Gasteiger partial charge in [-0.3, -0.25) is 0 Å². The quantitative estimate of drug-likeness (QED) is 0.704. The van der Waals surface area contributed by atoms with Gasteiger partial charge < -0.3 is 9.42 Å². The van der Waals surface area contributed by atoms with Crippen LogP contribution in [0.25, 0.3) is 5.57 Å². The Morgan fingerprint density at radius 3 is 2.56 bits per heavy atom. The summed E-state index contributed by atoms with van der Waals surface area (Å²) < 4.78 is 17.1. The highest BCUT2D eigenvalue weighted by Crippen LogP contribution is 2.51. The molecule has 0 aliphatic carbocycles. The summed E-state index contributed by atoms with van der Waals surface area (Å²) in [7, 11) is -3.71. The van der Waals surface area contributed by atoms with Crippen molar-refractivity contribution < 1.29 is 14.0 Å². The molecule has 0 bridgehead atoms. The molecule has 0 radical (unpaired) electrons. The third kappa shape index (κ3) is 1.62. The van der Waals surface area contributed by atoms with Gasteiger partial charge in [-0.25, -0.2) is 4.57 Å². The molecule has 1 heterocycles. The Morgan fingerprint density at radius 1 is 1.25 bits per heavy atom. The Hall–Kier alpha value is -1.31. The molecular weight excluding hydrogens is 223 g/mol. The number of rotatable bonds is 0.